The standard InChI is InChI=1S/C27H24N2O3S/c1-31-21-12-8-18(9-13-21)16-25-26(30)29-24(20-6-4-3-5-7-20)17-23(28-27(29)33-25)19-10-14-22(32-2)15-11-19/h3-17,24,27-28H,1-2H3/b25-16+/t24-,27+/m1/s1. The van der Waals surface area contributed by atoms with Crippen molar-refractivity contribution >= 4 is 29.4 Å². The SMILES string of the molecule is COc1ccc(/C=C2/S[C@H]3NC(c4ccc(OC)cc4)=C[C@H](c4ccccc4)N3C2=O)cc1. The van der Waals surface area contributed by atoms with Crippen LogP contribution in [0.4, 0.5) is 0 Å². The molecule has 0 aliphatic carbocycles. The van der Waals surface area contributed by atoms with Gasteiger partial charge in [0.05, 0.1) is 25.2 Å². The summed E-state index contributed by atoms with van der Waals surface area (Å²) in [6, 6.07) is 25.7. The first-order chi connectivity index (χ1) is 16.2. The van der Waals surface area contributed by atoms with Crippen molar-refractivity contribution in [3.63, 3.8) is 0 Å². The number of carbonyl (C=O) groups excluding carboxylic acids is 1. The van der Waals surface area contributed by atoms with E-state index >= 15 is 0 Å². The van der Waals surface area contributed by atoms with E-state index in [9.17, 15) is 4.79 Å². The molecule has 0 aromatic heterocycles. The fourth-order valence-electron chi connectivity index (χ4n) is 4.06. The van der Waals surface area contributed by atoms with Crippen LogP contribution in [-0.2, 0) is 4.79 Å². The van der Waals surface area contributed by atoms with Gasteiger partial charge in [-0.2, -0.15) is 0 Å². The highest BCUT2D eigenvalue weighted by Crippen LogP contribution is 2.44. The highest BCUT2D eigenvalue weighted by atomic mass is 32.2. The van der Waals surface area contributed by atoms with E-state index in [1.165, 1.54) is 0 Å². The van der Waals surface area contributed by atoms with Crippen molar-refractivity contribution in [2.24, 2.45) is 0 Å². The van der Waals surface area contributed by atoms with Crippen molar-refractivity contribution in [2.75, 3.05) is 14.2 Å². The van der Waals surface area contributed by atoms with Crippen LogP contribution in [-0.4, -0.2) is 30.5 Å². The lowest BCUT2D eigenvalue weighted by Crippen LogP contribution is -2.46. The van der Waals surface area contributed by atoms with Gasteiger partial charge in [0.15, 0.2) is 5.50 Å². The Balaban J connectivity index is 1.50. The maximum atomic E-state index is 13.5. The number of carbonyl (C=O) groups is 1. The van der Waals surface area contributed by atoms with Crippen LogP contribution in [0.2, 0.25) is 0 Å². The van der Waals surface area contributed by atoms with Gasteiger partial charge in [0.2, 0.25) is 0 Å². The first kappa shape index (κ1) is 21.2. The van der Waals surface area contributed by atoms with Crippen LogP contribution in [0.15, 0.2) is 89.8 Å². The minimum atomic E-state index is -0.200. The molecule has 33 heavy (non-hydrogen) atoms. The van der Waals surface area contributed by atoms with Gasteiger partial charge in [-0.25, -0.2) is 0 Å². The molecule has 1 amide bonds. The number of rotatable bonds is 5. The number of fused-ring (bicyclic) bond motifs is 1. The predicted molar refractivity (Wildman–Crippen MR) is 132 cm³/mol. The first-order valence-electron chi connectivity index (χ1n) is 10.7. The van der Waals surface area contributed by atoms with Crippen molar-refractivity contribution in [1.82, 2.24) is 10.2 Å². The summed E-state index contributed by atoms with van der Waals surface area (Å²) >= 11 is 1.54. The molecule has 0 radical (unpaired) electrons. The quantitative estimate of drug-likeness (QED) is 0.529. The monoisotopic (exact) mass is 456 g/mol. The molecule has 5 nitrogen and oxygen atoms in total. The molecule has 6 heteroatoms. The van der Waals surface area contributed by atoms with E-state index in [2.05, 4.69) is 23.5 Å². The summed E-state index contributed by atoms with van der Waals surface area (Å²) in [4.78, 5) is 16.1. The number of ether oxygens (including phenoxy) is 2. The first-order valence-corrected chi connectivity index (χ1v) is 11.6. The van der Waals surface area contributed by atoms with Crippen LogP contribution in [0.5, 0.6) is 11.5 Å². The average Bonchev–Trinajstić information content (AvgIpc) is 3.19. The lowest BCUT2D eigenvalue weighted by molar-refractivity contribution is -0.128. The number of methoxy groups -OCH3 is 2. The molecule has 2 aliphatic rings. The van der Waals surface area contributed by atoms with Gasteiger partial charge < -0.3 is 14.8 Å². The number of amides is 1. The number of benzene rings is 3. The minimum Gasteiger partial charge on any atom is -0.497 e. The molecule has 0 spiro atoms. The summed E-state index contributed by atoms with van der Waals surface area (Å²) in [5.41, 5.74) is 3.89. The zero-order valence-electron chi connectivity index (χ0n) is 18.4. The minimum absolute atomic E-state index is 0.0206. The number of nitrogens with one attached hydrogen (secondary N) is 1. The van der Waals surface area contributed by atoms with Gasteiger partial charge in [-0.15, -0.1) is 0 Å². The molecule has 1 fully saturated rings. The van der Waals surface area contributed by atoms with Crippen LogP contribution in [0.3, 0.4) is 0 Å². The van der Waals surface area contributed by atoms with E-state index < -0.39 is 0 Å². The van der Waals surface area contributed by atoms with Crippen LogP contribution in [0.25, 0.3) is 11.8 Å². The van der Waals surface area contributed by atoms with E-state index in [1.807, 2.05) is 77.7 Å². The van der Waals surface area contributed by atoms with Crippen LogP contribution in [0, 0.1) is 0 Å². The molecule has 5 rings (SSSR count). The van der Waals surface area contributed by atoms with E-state index in [1.54, 1.807) is 26.0 Å². The molecule has 2 aliphatic heterocycles. The molecule has 3 aromatic rings. The summed E-state index contributed by atoms with van der Waals surface area (Å²) < 4.78 is 10.5. The second kappa shape index (κ2) is 9.08. The smallest absolute Gasteiger partial charge is 0.263 e. The molecule has 166 valence electrons. The van der Waals surface area contributed by atoms with Crippen LogP contribution in [0.1, 0.15) is 22.7 Å². The number of nitrogens with zero attached hydrogens (tertiary/aromatic N) is 1. The highest BCUT2D eigenvalue weighted by Gasteiger charge is 2.43. The van der Waals surface area contributed by atoms with E-state index in [4.69, 9.17) is 9.47 Å². The topological polar surface area (TPSA) is 50.8 Å². The summed E-state index contributed by atoms with van der Waals surface area (Å²) in [7, 11) is 3.30. The second-order valence-corrected chi connectivity index (χ2v) is 8.90. The molecule has 1 saturated heterocycles. The van der Waals surface area contributed by atoms with Gasteiger partial charge in [-0.05, 0) is 65.2 Å². The lowest BCUT2D eigenvalue weighted by Gasteiger charge is -2.37. The Morgan fingerprint density at radius 3 is 2.15 bits per heavy atom. The maximum Gasteiger partial charge on any atom is 0.263 e. The predicted octanol–water partition coefficient (Wildman–Crippen LogP) is 5.29. The Hall–Kier alpha value is -3.64. The lowest BCUT2D eigenvalue weighted by atomic mass is 9.99. The van der Waals surface area contributed by atoms with Crippen molar-refractivity contribution in [3.05, 3.63) is 107 Å². The number of hydrogen-bond acceptors (Lipinski definition) is 5. The molecule has 2 heterocycles. The Morgan fingerprint density at radius 1 is 0.879 bits per heavy atom. The van der Waals surface area contributed by atoms with E-state index in [0.29, 0.717) is 4.91 Å². The molecule has 2 atom stereocenters. The summed E-state index contributed by atoms with van der Waals surface area (Å²) in [6.45, 7) is 0. The average molecular weight is 457 g/mol. The summed E-state index contributed by atoms with van der Waals surface area (Å²) in [6.07, 6.45) is 4.07. The maximum absolute atomic E-state index is 13.5. The number of hydrogen-bond donors (Lipinski definition) is 1. The van der Waals surface area contributed by atoms with Crippen molar-refractivity contribution in [3.8, 4) is 11.5 Å². The Morgan fingerprint density at radius 2 is 1.52 bits per heavy atom. The van der Waals surface area contributed by atoms with Gasteiger partial charge in [0.1, 0.15) is 11.5 Å². The zero-order chi connectivity index (χ0) is 22.8. The van der Waals surface area contributed by atoms with Crippen molar-refractivity contribution in [2.45, 2.75) is 11.5 Å². The third-order valence-corrected chi connectivity index (χ3v) is 6.91. The molecule has 3 aromatic carbocycles. The summed E-state index contributed by atoms with van der Waals surface area (Å²) in [5, 5.41) is 3.56. The van der Waals surface area contributed by atoms with Gasteiger partial charge in [-0.3, -0.25) is 9.69 Å². The van der Waals surface area contributed by atoms with Gasteiger partial charge >= 0.3 is 0 Å². The molecular weight excluding hydrogens is 432 g/mol. The second-order valence-electron chi connectivity index (χ2n) is 7.77. The fraction of sp³-hybridized carbons (Fsp3) is 0.148. The largest absolute Gasteiger partial charge is 0.497 e. The van der Waals surface area contributed by atoms with Crippen molar-refractivity contribution < 1.29 is 14.3 Å². The van der Waals surface area contributed by atoms with Crippen molar-refractivity contribution in [1.29, 1.82) is 0 Å². The molecule has 0 saturated carbocycles. The Bertz CT molecular complexity index is 1200. The fourth-order valence-corrected chi connectivity index (χ4v) is 5.23. The van der Waals surface area contributed by atoms with Gasteiger partial charge in [0, 0.05) is 5.70 Å². The molecule has 0 bridgehead atoms. The normalized spacial score (nSPS) is 20.8. The molecule has 1 N–H and O–H groups in total. The summed E-state index contributed by atoms with van der Waals surface area (Å²) in [5.74, 6) is 1.62. The number of thioether (sulfide) groups is 1. The van der Waals surface area contributed by atoms with Gasteiger partial charge in [0.25, 0.3) is 5.91 Å². The van der Waals surface area contributed by atoms with Gasteiger partial charge in [-0.1, -0.05) is 54.2 Å². The molecular formula is C27H24N2O3S. The third-order valence-electron chi connectivity index (χ3n) is 5.80. The van der Waals surface area contributed by atoms with E-state index in [-0.39, 0.29) is 17.4 Å². The Kier molecular flexibility index (Phi) is 5.84. The molecule has 0 unspecified atom stereocenters. The third kappa shape index (κ3) is 4.22. The van der Waals surface area contributed by atoms with E-state index in [0.717, 1.165) is 33.9 Å². The highest BCUT2D eigenvalue weighted by molar-refractivity contribution is 8.05. The zero-order valence-corrected chi connectivity index (χ0v) is 19.2. The van der Waals surface area contributed by atoms with Crippen LogP contribution < -0.4 is 14.8 Å². The Labute approximate surface area is 197 Å². The van der Waals surface area contributed by atoms with Crippen LogP contribution >= 0.6 is 11.8 Å².